The summed E-state index contributed by atoms with van der Waals surface area (Å²) in [5.41, 5.74) is -0.250. The Morgan fingerprint density at radius 1 is 1.30 bits per heavy atom. The summed E-state index contributed by atoms with van der Waals surface area (Å²) < 4.78 is 25.7. The summed E-state index contributed by atoms with van der Waals surface area (Å²) in [6.07, 6.45) is -2.30. The second-order valence-electron chi connectivity index (χ2n) is 4.61. The highest BCUT2D eigenvalue weighted by molar-refractivity contribution is 7.89. The summed E-state index contributed by atoms with van der Waals surface area (Å²) in [5.74, 6) is 0. The molecule has 2 atom stereocenters. The number of hydrogen-bond acceptors (Lipinski definition) is 6. The van der Waals surface area contributed by atoms with E-state index in [1.807, 2.05) is 0 Å². The summed E-state index contributed by atoms with van der Waals surface area (Å²) in [6.45, 7) is 0.894. The van der Waals surface area contributed by atoms with Crippen molar-refractivity contribution < 1.29 is 23.6 Å². The molecular weight excluding hydrogens is 288 g/mol. The fourth-order valence-electron chi connectivity index (χ4n) is 2.15. The largest absolute Gasteiger partial charge is 0.389 e. The molecule has 1 heterocycles. The second kappa shape index (κ2) is 5.09. The molecular formula is C11H14N2O6S. The molecule has 0 spiro atoms. The zero-order valence-corrected chi connectivity index (χ0v) is 11.4. The molecule has 8 nitrogen and oxygen atoms in total. The number of rotatable bonds is 3. The van der Waals surface area contributed by atoms with Gasteiger partial charge in [0.2, 0.25) is 10.0 Å². The number of benzene rings is 1. The molecule has 2 N–H and O–H groups in total. The maximum atomic E-state index is 12.4. The average molecular weight is 302 g/mol. The highest BCUT2D eigenvalue weighted by atomic mass is 32.2. The molecule has 1 aliphatic rings. The van der Waals surface area contributed by atoms with Crippen molar-refractivity contribution in [2.45, 2.75) is 24.0 Å². The van der Waals surface area contributed by atoms with Gasteiger partial charge in [0.15, 0.2) is 0 Å². The molecule has 0 radical (unpaired) electrons. The molecule has 0 amide bonds. The Morgan fingerprint density at radius 2 is 1.85 bits per heavy atom. The Labute approximate surface area is 115 Å². The minimum absolute atomic E-state index is 0.0355. The third-order valence-electron chi connectivity index (χ3n) is 3.30. The zero-order valence-electron chi connectivity index (χ0n) is 10.6. The Morgan fingerprint density at radius 3 is 2.35 bits per heavy atom. The SMILES string of the molecule is Cc1c([N+](=O)[O-])cccc1S(=O)(=O)N1CC(O)C(O)C1. The van der Waals surface area contributed by atoms with Crippen LogP contribution in [-0.4, -0.2) is 53.2 Å². The monoisotopic (exact) mass is 302 g/mol. The molecule has 9 heteroatoms. The zero-order chi connectivity index (χ0) is 15.1. The van der Waals surface area contributed by atoms with Gasteiger partial charge >= 0.3 is 0 Å². The van der Waals surface area contributed by atoms with Gasteiger partial charge in [-0.3, -0.25) is 10.1 Å². The third-order valence-corrected chi connectivity index (χ3v) is 5.27. The van der Waals surface area contributed by atoms with Gasteiger partial charge in [-0.25, -0.2) is 8.42 Å². The van der Waals surface area contributed by atoms with Crippen LogP contribution >= 0.6 is 0 Å². The number of nitro groups is 1. The van der Waals surface area contributed by atoms with Gasteiger partial charge in [0.1, 0.15) is 0 Å². The van der Waals surface area contributed by atoms with E-state index in [4.69, 9.17) is 0 Å². The standard InChI is InChI=1S/C11H14N2O6S/c1-7-8(13(16)17)3-2-4-11(7)20(18,19)12-5-9(14)10(15)6-12/h2-4,9-10,14-15H,5-6H2,1H3. The molecule has 20 heavy (non-hydrogen) atoms. The number of aliphatic hydroxyl groups excluding tert-OH is 2. The van der Waals surface area contributed by atoms with Gasteiger partial charge in [0.25, 0.3) is 5.69 Å². The lowest BCUT2D eigenvalue weighted by Gasteiger charge is -2.17. The van der Waals surface area contributed by atoms with Crippen LogP contribution in [0.4, 0.5) is 5.69 Å². The van der Waals surface area contributed by atoms with Gasteiger partial charge < -0.3 is 10.2 Å². The highest BCUT2D eigenvalue weighted by Crippen LogP contribution is 2.28. The predicted molar refractivity (Wildman–Crippen MR) is 68.6 cm³/mol. The Balaban J connectivity index is 2.46. The van der Waals surface area contributed by atoms with Crippen molar-refractivity contribution in [2.24, 2.45) is 0 Å². The van der Waals surface area contributed by atoms with E-state index in [-0.39, 0.29) is 29.2 Å². The van der Waals surface area contributed by atoms with Crippen LogP contribution < -0.4 is 0 Å². The summed E-state index contributed by atoms with van der Waals surface area (Å²) >= 11 is 0. The van der Waals surface area contributed by atoms with Crippen LogP contribution in [0.2, 0.25) is 0 Å². The van der Waals surface area contributed by atoms with E-state index in [2.05, 4.69) is 0 Å². The van der Waals surface area contributed by atoms with Crippen molar-refractivity contribution in [1.82, 2.24) is 4.31 Å². The lowest BCUT2D eigenvalue weighted by molar-refractivity contribution is -0.385. The summed E-state index contributed by atoms with van der Waals surface area (Å²) in [7, 11) is -3.98. The number of β-amino-alcohol motifs (C(OH)–C–C–N with tert-alkyl or cyclic N) is 2. The minimum atomic E-state index is -3.98. The first-order valence-electron chi connectivity index (χ1n) is 5.85. The predicted octanol–water partition coefficient (Wildman–Crippen LogP) is -0.371. The van der Waals surface area contributed by atoms with Crippen LogP contribution in [-0.2, 0) is 10.0 Å². The van der Waals surface area contributed by atoms with E-state index >= 15 is 0 Å². The van der Waals surface area contributed by atoms with Crippen LogP contribution in [0.25, 0.3) is 0 Å². The minimum Gasteiger partial charge on any atom is -0.389 e. The molecule has 110 valence electrons. The number of nitro benzene ring substituents is 1. The number of nitrogens with zero attached hydrogens (tertiary/aromatic N) is 2. The van der Waals surface area contributed by atoms with Crippen molar-refractivity contribution in [3.63, 3.8) is 0 Å². The third kappa shape index (κ3) is 2.40. The Bertz CT molecular complexity index is 634. The van der Waals surface area contributed by atoms with Crippen molar-refractivity contribution in [1.29, 1.82) is 0 Å². The number of aliphatic hydroxyl groups is 2. The van der Waals surface area contributed by atoms with E-state index in [9.17, 15) is 28.7 Å². The Hall–Kier alpha value is -1.55. The number of sulfonamides is 1. The summed E-state index contributed by atoms with van der Waals surface area (Å²) in [5, 5.41) is 29.7. The van der Waals surface area contributed by atoms with Crippen LogP contribution in [0, 0.1) is 17.0 Å². The summed E-state index contributed by atoms with van der Waals surface area (Å²) in [6, 6.07) is 3.79. The molecule has 0 aliphatic carbocycles. The van der Waals surface area contributed by atoms with Gasteiger partial charge in [-0.05, 0) is 13.0 Å². The van der Waals surface area contributed by atoms with Gasteiger partial charge in [-0.15, -0.1) is 0 Å². The summed E-state index contributed by atoms with van der Waals surface area (Å²) in [4.78, 5) is 10.0. The van der Waals surface area contributed by atoms with Crippen LogP contribution in [0.3, 0.4) is 0 Å². The van der Waals surface area contributed by atoms with Crippen molar-refractivity contribution in [2.75, 3.05) is 13.1 Å². The molecule has 0 aromatic heterocycles. The van der Waals surface area contributed by atoms with E-state index in [0.29, 0.717) is 0 Å². The normalized spacial score (nSPS) is 23.9. The number of hydrogen-bond donors (Lipinski definition) is 2. The molecule has 1 aromatic carbocycles. The van der Waals surface area contributed by atoms with Crippen LogP contribution in [0.15, 0.2) is 23.1 Å². The molecule has 1 aliphatic heterocycles. The topological polar surface area (TPSA) is 121 Å². The molecule has 1 aromatic rings. The quantitative estimate of drug-likeness (QED) is 0.580. The molecule has 2 rings (SSSR count). The van der Waals surface area contributed by atoms with Crippen LogP contribution in [0.1, 0.15) is 5.56 Å². The van der Waals surface area contributed by atoms with Gasteiger partial charge in [0, 0.05) is 24.7 Å². The second-order valence-corrected chi connectivity index (χ2v) is 6.52. The molecule has 0 bridgehead atoms. The van der Waals surface area contributed by atoms with Gasteiger partial charge in [0.05, 0.1) is 22.0 Å². The highest BCUT2D eigenvalue weighted by Gasteiger charge is 2.38. The van der Waals surface area contributed by atoms with Gasteiger partial charge in [-0.1, -0.05) is 6.07 Å². The lowest BCUT2D eigenvalue weighted by atomic mass is 10.2. The smallest absolute Gasteiger partial charge is 0.273 e. The van der Waals surface area contributed by atoms with E-state index in [0.717, 1.165) is 4.31 Å². The van der Waals surface area contributed by atoms with Crippen molar-refractivity contribution in [3.05, 3.63) is 33.9 Å². The molecule has 2 unspecified atom stereocenters. The fourth-order valence-corrected chi connectivity index (χ4v) is 3.87. The van der Waals surface area contributed by atoms with Gasteiger partial charge in [-0.2, -0.15) is 4.31 Å². The molecule has 1 saturated heterocycles. The Kier molecular flexibility index (Phi) is 3.78. The maximum absolute atomic E-state index is 12.4. The first-order chi connectivity index (χ1) is 9.25. The first-order valence-corrected chi connectivity index (χ1v) is 7.29. The van der Waals surface area contributed by atoms with Crippen LogP contribution in [0.5, 0.6) is 0 Å². The van der Waals surface area contributed by atoms with Crippen molar-refractivity contribution in [3.8, 4) is 0 Å². The molecule has 1 fully saturated rings. The van der Waals surface area contributed by atoms with Crippen molar-refractivity contribution >= 4 is 15.7 Å². The first kappa shape index (κ1) is 14.9. The fraction of sp³-hybridized carbons (Fsp3) is 0.455. The van der Waals surface area contributed by atoms with E-state index < -0.39 is 27.2 Å². The average Bonchev–Trinajstić information content (AvgIpc) is 2.70. The molecule has 0 saturated carbocycles. The lowest BCUT2D eigenvalue weighted by Crippen LogP contribution is -2.30. The van der Waals surface area contributed by atoms with E-state index in [1.165, 1.54) is 25.1 Å². The maximum Gasteiger partial charge on any atom is 0.273 e. The van der Waals surface area contributed by atoms with E-state index in [1.54, 1.807) is 0 Å².